The van der Waals surface area contributed by atoms with Crippen molar-refractivity contribution in [2.75, 3.05) is 18.1 Å². The van der Waals surface area contributed by atoms with Gasteiger partial charge in [0.1, 0.15) is 0 Å². The summed E-state index contributed by atoms with van der Waals surface area (Å²) < 4.78 is 23.5. The van der Waals surface area contributed by atoms with Gasteiger partial charge in [0.15, 0.2) is 9.84 Å². The van der Waals surface area contributed by atoms with E-state index in [4.69, 9.17) is 0 Å². The molecule has 0 aromatic rings. The molecule has 14 heavy (non-hydrogen) atoms. The second-order valence-corrected chi connectivity index (χ2v) is 7.45. The van der Waals surface area contributed by atoms with E-state index in [1.165, 1.54) is 12.8 Å². The van der Waals surface area contributed by atoms with E-state index >= 15 is 0 Å². The molecule has 0 radical (unpaired) electrons. The van der Waals surface area contributed by atoms with Crippen LogP contribution in [0.5, 0.6) is 0 Å². The van der Waals surface area contributed by atoms with Gasteiger partial charge in [0.2, 0.25) is 0 Å². The van der Waals surface area contributed by atoms with Gasteiger partial charge in [0, 0.05) is 6.04 Å². The second-order valence-electron chi connectivity index (χ2n) is 5.30. The maximum atomic E-state index is 11.7. The normalized spacial score (nSPS) is 40.1. The van der Waals surface area contributed by atoms with Crippen LogP contribution in [0.3, 0.4) is 0 Å². The van der Waals surface area contributed by atoms with Gasteiger partial charge in [-0.1, -0.05) is 13.8 Å². The topological polar surface area (TPSA) is 46.2 Å². The van der Waals surface area contributed by atoms with Crippen LogP contribution in [0.1, 0.15) is 26.7 Å². The zero-order valence-corrected chi connectivity index (χ0v) is 9.73. The summed E-state index contributed by atoms with van der Waals surface area (Å²) in [5.74, 6) is 0.952. The molecule has 0 spiro atoms. The summed E-state index contributed by atoms with van der Waals surface area (Å²) in [5.41, 5.74) is 0.261. The second kappa shape index (κ2) is 3.20. The van der Waals surface area contributed by atoms with Crippen LogP contribution in [0, 0.1) is 11.3 Å². The lowest BCUT2D eigenvalue weighted by molar-refractivity contribution is 0.374. The molecule has 2 aliphatic rings. The summed E-state index contributed by atoms with van der Waals surface area (Å²) in [7, 11) is -2.82. The van der Waals surface area contributed by atoms with Crippen molar-refractivity contribution in [3.05, 3.63) is 0 Å². The quantitative estimate of drug-likeness (QED) is 0.707. The van der Waals surface area contributed by atoms with Crippen LogP contribution in [0.4, 0.5) is 0 Å². The molecule has 2 rings (SSSR count). The number of hydrogen-bond acceptors (Lipinski definition) is 3. The minimum absolute atomic E-state index is 0.192. The summed E-state index contributed by atoms with van der Waals surface area (Å²) in [6, 6.07) is 0.192. The van der Waals surface area contributed by atoms with Crippen LogP contribution >= 0.6 is 0 Å². The summed E-state index contributed by atoms with van der Waals surface area (Å²) in [4.78, 5) is 0. The molecule has 82 valence electrons. The fourth-order valence-corrected chi connectivity index (χ4v) is 4.36. The number of sulfone groups is 1. The van der Waals surface area contributed by atoms with Gasteiger partial charge in [0.05, 0.1) is 11.5 Å². The van der Waals surface area contributed by atoms with Gasteiger partial charge in [0.25, 0.3) is 0 Å². The molecule has 2 unspecified atom stereocenters. The Hall–Kier alpha value is -0.0900. The van der Waals surface area contributed by atoms with Crippen molar-refractivity contribution in [2.45, 2.75) is 32.7 Å². The molecule has 2 atom stereocenters. The molecule has 1 aliphatic heterocycles. The lowest BCUT2D eigenvalue weighted by Crippen LogP contribution is -2.40. The van der Waals surface area contributed by atoms with E-state index in [0.717, 1.165) is 6.54 Å². The van der Waals surface area contributed by atoms with Crippen molar-refractivity contribution in [2.24, 2.45) is 11.3 Å². The summed E-state index contributed by atoms with van der Waals surface area (Å²) in [6.45, 7) is 5.04. The predicted molar refractivity (Wildman–Crippen MR) is 56.9 cm³/mol. The maximum Gasteiger partial charge on any atom is 0.152 e. The first-order chi connectivity index (χ1) is 6.41. The molecule has 1 N–H and O–H groups in total. The molecule has 0 aromatic heterocycles. The molecule has 0 aromatic carbocycles. The highest BCUT2D eigenvalue weighted by Gasteiger charge is 2.47. The minimum Gasteiger partial charge on any atom is -0.312 e. The summed E-state index contributed by atoms with van der Waals surface area (Å²) >= 11 is 0. The number of rotatable bonds is 1. The third kappa shape index (κ3) is 2.11. The molecule has 2 fully saturated rings. The van der Waals surface area contributed by atoms with Gasteiger partial charge in [-0.15, -0.1) is 0 Å². The molecule has 0 bridgehead atoms. The lowest BCUT2D eigenvalue weighted by Gasteiger charge is -2.22. The van der Waals surface area contributed by atoms with Crippen molar-refractivity contribution >= 4 is 9.84 Å². The van der Waals surface area contributed by atoms with Gasteiger partial charge in [-0.25, -0.2) is 8.42 Å². The molecular formula is C10H19NO2S. The molecule has 0 amide bonds. The zero-order chi connectivity index (χ0) is 10.4. The van der Waals surface area contributed by atoms with Gasteiger partial charge in [-0.05, 0) is 30.7 Å². The van der Waals surface area contributed by atoms with Gasteiger partial charge in [-0.2, -0.15) is 0 Å². The fourth-order valence-electron chi connectivity index (χ4n) is 2.21. The van der Waals surface area contributed by atoms with Crippen molar-refractivity contribution in [3.63, 3.8) is 0 Å². The first-order valence-corrected chi connectivity index (χ1v) is 7.17. The van der Waals surface area contributed by atoms with Crippen LogP contribution in [0.2, 0.25) is 0 Å². The number of hydrogen-bond donors (Lipinski definition) is 1. The Labute approximate surface area is 86.2 Å². The Morgan fingerprint density at radius 3 is 2.50 bits per heavy atom. The average molecular weight is 217 g/mol. The van der Waals surface area contributed by atoms with E-state index in [-0.39, 0.29) is 17.4 Å². The average Bonchev–Trinajstić information content (AvgIpc) is 2.77. The molecule has 4 heteroatoms. The largest absolute Gasteiger partial charge is 0.312 e. The maximum absolute atomic E-state index is 11.7. The smallest absolute Gasteiger partial charge is 0.152 e. The Kier molecular flexibility index (Phi) is 2.39. The van der Waals surface area contributed by atoms with Crippen LogP contribution in [0.25, 0.3) is 0 Å². The Bertz CT molecular complexity index is 319. The summed E-state index contributed by atoms with van der Waals surface area (Å²) in [6.07, 6.45) is 2.35. The Balaban J connectivity index is 2.14. The first-order valence-electron chi connectivity index (χ1n) is 5.35. The highest BCUT2D eigenvalue weighted by Crippen LogP contribution is 2.48. The van der Waals surface area contributed by atoms with E-state index in [1.54, 1.807) is 0 Å². The lowest BCUT2D eigenvalue weighted by atomic mass is 10.0. The molecular weight excluding hydrogens is 198 g/mol. The number of nitrogens with one attached hydrogen (secondary N) is 1. The minimum atomic E-state index is -2.82. The third-order valence-electron chi connectivity index (χ3n) is 3.55. The summed E-state index contributed by atoms with van der Waals surface area (Å²) in [5, 5.41) is 3.41. The molecule has 1 saturated heterocycles. The fraction of sp³-hybridized carbons (Fsp3) is 1.00. The van der Waals surface area contributed by atoms with Crippen LogP contribution in [0.15, 0.2) is 0 Å². The standard InChI is InChI=1S/C10H19NO2S/c1-8-5-11-9(10(2)3-4-10)7-14(12,13)6-8/h8-9,11H,3-7H2,1-2H3. The molecule has 1 aliphatic carbocycles. The Morgan fingerprint density at radius 2 is 1.93 bits per heavy atom. The van der Waals surface area contributed by atoms with E-state index in [0.29, 0.717) is 11.5 Å². The Morgan fingerprint density at radius 1 is 1.29 bits per heavy atom. The van der Waals surface area contributed by atoms with Gasteiger partial charge < -0.3 is 5.32 Å². The van der Waals surface area contributed by atoms with E-state index in [9.17, 15) is 8.42 Å². The van der Waals surface area contributed by atoms with Crippen LogP contribution < -0.4 is 5.32 Å². The van der Waals surface area contributed by atoms with Crippen molar-refractivity contribution < 1.29 is 8.42 Å². The first kappa shape index (κ1) is 10.4. The van der Waals surface area contributed by atoms with Crippen molar-refractivity contribution in [3.8, 4) is 0 Å². The highest BCUT2D eigenvalue weighted by molar-refractivity contribution is 7.91. The van der Waals surface area contributed by atoms with E-state index in [2.05, 4.69) is 12.2 Å². The SMILES string of the molecule is CC1CNC(C2(C)CC2)CS(=O)(=O)C1. The van der Waals surface area contributed by atoms with Crippen LogP contribution in [-0.4, -0.2) is 32.5 Å². The van der Waals surface area contributed by atoms with Crippen molar-refractivity contribution in [1.29, 1.82) is 0 Å². The van der Waals surface area contributed by atoms with Gasteiger partial charge >= 0.3 is 0 Å². The molecule has 3 nitrogen and oxygen atoms in total. The monoisotopic (exact) mass is 217 g/mol. The van der Waals surface area contributed by atoms with E-state index < -0.39 is 9.84 Å². The van der Waals surface area contributed by atoms with Gasteiger partial charge in [-0.3, -0.25) is 0 Å². The highest BCUT2D eigenvalue weighted by atomic mass is 32.2. The van der Waals surface area contributed by atoms with E-state index in [1.807, 2.05) is 6.92 Å². The molecule has 1 saturated carbocycles. The zero-order valence-electron chi connectivity index (χ0n) is 8.91. The molecule has 1 heterocycles. The third-order valence-corrected chi connectivity index (χ3v) is 5.47. The van der Waals surface area contributed by atoms with Crippen LogP contribution in [-0.2, 0) is 9.84 Å². The van der Waals surface area contributed by atoms with Crippen molar-refractivity contribution in [1.82, 2.24) is 5.32 Å². The predicted octanol–water partition coefficient (Wildman–Crippen LogP) is 0.809.